The van der Waals surface area contributed by atoms with E-state index in [2.05, 4.69) is 4.74 Å². The van der Waals surface area contributed by atoms with E-state index in [4.69, 9.17) is 16.7 Å². The van der Waals surface area contributed by atoms with E-state index < -0.39 is 12.0 Å². The predicted octanol–water partition coefficient (Wildman–Crippen LogP) is -0.533. The molecule has 1 unspecified atom stereocenters. The number of nitriles is 1. The highest BCUT2D eigenvalue weighted by molar-refractivity contribution is 5.76. The minimum absolute atomic E-state index is 0.512. The van der Waals surface area contributed by atoms with Crippen molar-refractivity contribution in [2.75, 3.05) is 6.54 Å². The molecule has 0 aromatic heterocycles. The second-order valence-corrected chi connectivity index (χ2v) is 2.40. The molecule has 0 amide bonds. The monoisotopic (exact) mass is 171 g/mol. The predicted molar refractivity (Wildman–Crippen MR) is 42.6 cm³/mol. The number of unbranched alkanes of at least 4 members (excludes halogenated alkanes) is 1. The van der Waals surface area contributed by atoms with Crippen LogP contribution in [0.2, 0.25) is 0 Å². The van der Waals surface area contributed by atoms with Gasteiger partial charge in [0.25, 0.3) is 6.26 Å². The van der Waals surface area contributed by atoms with Gasteiger partial charge in [-0.2, -0.15) is 0 Å². The zero-order valence-corrected chi connectivity index (χ0v) is 6.82. The summed E-state index contributed by atoms with van der Waals surface area (Å²) >= 11 is 0. The smallest absolute Gasteiger partial charge is 0.338 e. The highest BCUT2D eigenvalue weighted by Gasteiger charge is 2.13. The molecule has 0 aliphatic rings. The van der Waals surface area contributed by atoms with Crippen LogP contribution in [-0.2, 0) is 9.53 Å². The SMILES string of the molecule is N#COC(=O)C(N)CCCCN. The van der Waals surface area contributed by atoms with Gasteiger partial charge in [0.05, 0.1) is 0 Å². The molecule has 0 aliphatic heterocycles. The van der Waals surface area contributed by atoms with Crippen molar-refractivity contribution in [1.29, 1.82) is 5.26 Å². The van der Waals surface area contributed by atoms with Crippen LogP contribution in [0, 0.1) is 11.5 Å². The van der Waals surface area contributed by atoms with Crippen LogP contribution in [0.4, 0.5) is 0 Å². The summed E-state index contributed by atoms with van der Waals surface area (Å²) in [5.74, 6) is -0.672. The van der Waals surface area contributed by atoms with E-state index in [9.17, 15) is 4.79 Å². The first kappa shape index (κ1) is 10.9. The minimum Gasteiger partial charge on any atom is -0.350 e. The van der Waals surface area contributed by atoms with Gasteiger partial charge in [-0.25, -0.2) is 4.79 Å². The maximum Gasteiger partial charge on any atom is 0.338 e. The van der Waals surface area contributed by atoms with Gasteiger partial charge in [0.15, 0.2) is 0 Å². The van der Waals surface area contributed by atoms with Crippen LogP contribution >= 0.6 is 0 Å². The zero-order valence-electron chi connectivity index (χ0n) is 6.82. The summed E-state index contributed by atoms with van der Waals surface area (Å²) in [4.78, 5) is 10.7. The summed E-state index contributed by atoms with van der Waals surface area (Å²) in [6.45, 7) is 0.583. The van der Waals surface area contributed by atoms with Crippen molar-refractivity contribution in [3.8, 4) is 6.26 Å². The number of esters is 1. The van der Waals surface area contributed by atoms with Crippen molar-refractivity contribution in [2.24, 2.45) is 11.5 Å². The van der Waals surface area contributed by atoms with Gasteiger partial charge >= 0.3 is 5.97 Å². The molecule has 0 bridgehead atoms. The Bertz CT molecular complexity index is 176. The van der Waals surface area contributed by atoms with E-state index in [1.54, 1.807) is 0 Å². The van der Waals surface area contributed by atoms with Crippen LogP contribution < -0.4 is 11.5 Å². The number of carbonyl (C=O) groups excluding carboxylic acids is 1. The molecule has 5 heteroatoms. The molecule has 0 radical (unpaired) electrons. The second-order valence-electron chi connectivity index (χ2n) is 2.40. The highest BCUT2D eigenvalue weighted by atomic mass is 16.5. The third-order valence-electron chi connectivity index (χ3n) is 1.42. The molecule has 0 rings (SSSR count). The average molecular weight is 171 g/mol. The van der Waals surface area contributed by atoms with E-state index in [0.717, 1.165) is 12.8 Å². The Morgan fingerprint density at radius 1 is 1.58 bits per heavy atom. The lowest BCUT2D eigenvalue weighted by molar-refractivity contribution is -0.138. The van der Waals surface area contributed by atoms with Gasteiger partial charge in [-0.05, 0) is 19.4 Å². The number of ether oxygens (including phenoxy) is 1. The Kier molecular flexibility index (Phi) is 5.97. The van der Waals surface area contributed by atoms with Gasteiger partial charge in [0.1, 0.15) is 6.04 Å². The third-order valence-corrected chi connectivity index (χ3v) is 1.42. The van der Waals surface area contributed by atoms with Crippen molar-refractivity contribution in [3.63, 3.8) is 0 Å². The number of rotatable bonds is 5. The first-order valence-electron chi connectivity index (χ1n) is 3.77. The largest absolute Gasteiger partial charge is 0.350 e. The summed E-state index contributed by atoms with van der Waals surface area (Å²) in [6.07, 6.45) is 3.40. The first-order valence-corrected chi connectivity index (χ1v) is 3.77. The molecule has 0 aliphatic carbocycles. The number of hydrogen-bond donors (Lipinski definition) is 2. The van der Waals surface area contributed by atoms with Gasteiger partial charge in [-0.1, -0.05) is 6.42 Å². The lowest BCUT2D eigenvalue weighted by Crippen LogP contribution is -2.31. The fourth-order valence-electron chi connectivity index (χ4n) is 0.747. The fourth-order valence-corrected chi connectivity index (χ4v) is 0.747. The van der Waals surface area contributed by atoms with Crippen molar-refractivity contribution in [1.82, 2.24) is 0 Å². The van der Waals surface area contributed by atoms with Crippen molar-refractivity contribution in [2.45, 2.75) is 25.3 Å². The summed E-state index contributed by atoms with van der Waals surface area (Å²) in [5.41, 5.74) is 10.6. The van der Waals surface area contributed by atoms with Crippen LogP contribution in [0.3, 0.4) is 0 Å². The lowest BCUT2D eigenvalue weighted by atomic mass is 10.1. The van der Waals surface area contributed by atoms with Crippen LogP contribution in [0.5, 0.6) is 0 Å². The average Bonchev–Trinajstić information content (AvgIpc) is 2.05. The van der Waals surface area contributed by atoms with Crippen LogP contribution in [-0.4, -0.2) is 18.6 Å². The molecular weight excluding hydrogens is 158 g/mol. The zero-order chi connectivity index (χ0) is 9.40. The second kappa shape index (κ2) is 6.58. The molecule has 0 heterocycles. The molecule has 5 nitrogen and oxygen atoms in total. The van der Waals surface area contributed by atoms with Gasteiger partial charge in [-0.3, -0.25) is 0 Å². The van der Waals surface area contributed by atoms with Crippen molar-refractivity contribution < 1.29 is 9.53 Å². The Labute approximate surface area is 71.3 Å². The third kappa shape index (κ3) is 4.66. The van der Waals surface area contributed by atoms with Crippen LogP contribution in [0.1, 0.15) is 19.3 Å². The number of carbonyl (C=O) groups is 1. The Hall–Kier alpha value is -1.12. The van der Waals surface area contributed by atoms with Crippen molar-refractivity contribution >= 4 is 5.97 Å². The van der Waals surface area contributed by atoms with E-state index in [-0.39, 0.29) is 0 Å². The van der Waals surface area contributed by atoms with E-state index in [1.165, 1.54) is 6.26 Å². The van der Waals surface area contributed by atoms with Crippen LogP contribution in [0.25, 0.3) is 0 Å². The maximum atomic E-state index is 10.7. The normalized spacial score (nSPS) is 11.8. The van der Waals surface area contributed by atoms with E-state index in [1.807, 2.05) is 0 Å². The topological polar surface area (TPSA) is 102 Å². The highest BCUT2D eigenvalue weighted by Crippen LogP contribution is 1.99. The summed E-state index contributed by atoms with van der Waals surface area (Å²) in [5, 5.41) is 7.99. The first-order chi connectivity index (χ1) is 5.72. The molecule has 0 aromatic rings. The molecule has 0 spiro atoms. The standard InChI is InChI=1S/C7H13N3O2/c8-4-2-1-3-6(10)7(11)12-5-9/h6H,1-4,8,10H2. The summed E-state index contributed by atoms with van der Waals surface area (Å²) in [6, 6.07) is -0.698. The minimum atomic E-state index is -0.698. The molecule has 4 N–H and O–H groups in total. The Balaban J connectivity index is 3.51. The summed E-state index contributed by atoms with van der Waals surface area (Å²) in [7, 11) is 0. The van der Waals surface area contributed by atoms with Crippen molar-refractivity contribution in [3.05, 3.63) is 0 Å². The van der Waals surface area contributed by atoms with E-state index >= 15 is 0 Å². The van der Waals surface area contributed by atoms with Gasteiger partial charge < -0.3 is 16.2 Å². The molecule has 68 valence electrons. The van der Waals surface area contributed by atoms with E-state index in [0.29, 0.717) is 13.0 Å². The van der Waals surface area contributed by atoms with Gasteiger partial charge in [-0.15, -0.1) is 5.26 Å². The molecular formula is C7H13N3O2. The summed E-state index contributed by atoms with van der Waals surface area (Å²) < 4.78 is 4.04. The molecule has 0 saturated carbocycles. The Morgan fingerprint density at radius 2 is 2.25 bits per heavy atom. The number of nitrogens with two attached hydrogens (primary N) is 2. The molecule has 0 fully saturated rings. The Morgan fingerprint density at radius 3 is 2.75 bits per heavy atom. The van der Waals surface area contributed by atoms with Gasteiger partial charge in [0.2, 0.25) is 0 Å². The molecule has 12 heavy (non-hydrogen) atoms. The quantitative estimate of drug-likeness (QED) is 0.329. The van der Waals surface area contributed by atoms with Gasteiger partial charge in [0, 0.05) is 0 Å². The maximum absolute atomic E-state index is 10.7. The fraction of sp³-hybridized carbons (Fsp3) is 0.714. The molecule has 1 atom stereocenters. The molecule has 0 saturated heterocycles. The molecule has 0 aromatic carbocycles. The lowest BCUT2D eigenvalue weighted by Gasteiger charge is -2.05. The number of hydrogen-bond acceptors (Lipinski definition) is 5. The van der Waals surface area contributed by atoms with Crippen LogP contribution in [0.15, 0.2) is 0 Å². The number of nitrogens with zero attached hydrogens (tertiary/aromatic N) is 1.